The first-order valence-electron chi connectivity index (χ1n) is 5.40. The van der Waals surface area contributed by atoms with E-state index in [1.807, 2.05) is 32.9 Å². The average Bonchev–Trinajstić information content (AvgIpc) is 2.23. The molecule has 1 aromatic rings. The fraction of sp³-hybridized carbons (Fsp3) is 0.500. The lowest BCUT2D eigenvalue weighted by Gasteiger charge is -2.25. The van der Waals surface area contributed by atoms with Crippen LogP contribution in [0.4, 0.5) is 11.4 Å². The maximum atomic E-state index is 9.16. The van der Waals surface area contributed by atoms with Crippen LogP contribution in [0.2, 0.25) is 0 Å². The molecule has 0 radical (unpaired) electrons. The van der Waals surface area contributed by atoms with Crippen LogP contribution in [0.1, 0.15) is 20.8 Å². The van der Waals surface area contributed by atoms with E-state index >= 15 is 0 Å². The molecule has 0 amide bonds. The van der Waals surface area contributed by atoms with Crippen LogP contribution in [0, 0.1) is 0 Å². The van der Waals surface area contributed by atoms with E-state index in [4.69, 9.17) is 15.6 Å². The zero-order valence-corrected chi connectivity index (χ0v) is 10.1. The molecule has 0 aromatic heterocycles. The predicted octanol–water partition coefficient (Wildman–Crippen LogP) is 1.85. The number of aliphatic hydroxyl groups is 1. The molecule has 0 aliphatic heterocycles. The van der Waals surface area contributed by atoms with Crippen LogP contribution < -0.4 is 15.8 Å². The molecule has 4 nitrogen and oxygen atoms in total. The molecule has 0 aliphatic carbocycles. The first kappa shape index (κ1) is 12.6. The standard InChI is InChI=1S/C12H20N2O2/c1-4-16-11-7-9(5-6-10(11)13)14-12(2,3)8-15/h5-7,14-15H,4,8,13H2,1-3H3. The Morgan fingerprint density at radius 1 is 1.44 bits per heavy atom. The van der Waals surface area contributed by atoms with Gasteiger partial charge >= 0.3 is 0 Å². The zero-order valence-electron chi connectivity index (χ0n) is 10.1. The van der Waals surface area contributed by atoms with Crippen molar-refractivity contribution in [3.05, 3.63) is 18.2 Å². The van der Waals surface area contributed by atoms with Gasteiger partial charge < -0.3 is 20.9 Å². The molecule has 0 bridgehead atoms. The fourth-order valence-electron chi connectivity index (χ4n) is 1.32. The number of benzene rings is 1. The number of rotatable bonds is 5. The van der Waals surface area contributed by atoms with Gasteiger partial charge in [-0.2, -0.15) is 0 Å². The molecule has 0 fully saturated rings. The summed E-state index contributed by atoms with van der Waals surface area (Å²) >= 11 is 0. The summed E-state index contributed by atoms with van der Waals surface area (Å²) in [5.74, 6) is 0.668. The number of ether oxygens (including phenoxy) is 1. The maximum Gasteiger partial charge on any atom is 0.144 e. The van der Waals surface area contributed by atoms with Gasteiger partial charge in [0.1, 0.15) is 5.75 Å². The molecule has 4 heteroatoms. The van der Waals surface area contributed by atoms with E-state index in [-0.39, 0.29) is 12.1 Å². The third-order valence-electron chi connectivity index (χ3n) is 2.19. The summed E-state index contributed by atoms with van der Waals surface area (Å²) in [6.45, 7) is 6.39. The molecule has 0 saturated heterocycles. The Bertz CT molecular complexity index is 351. The number of anilines is 2. The van der Waals surface area contributed by atoms with Crippen LogP contribution in [0.15, 0.2) is 18.2 Å². The van der Waals surface area contributed by atoms with Crippen molar-refractivity contribution in [2.45, 2.75) is 26.3 Å². The van der Waals surface area contributed by atoms with Gasteiger partial charge in [0.25, 0.3) is 0 Å². The van der Waals surface area contributed by atoms with Crippen LogP contribution >= 0.6 is 0 Å². The maximum absolute atomic E-state index is 9.16. The van der Waals surface area contributed by atoms with Crippen LogP contribution in [0.25, 0.3) is 0 Å². The molecule has 16 heavy (non-hydrogen) atoms. The van der Waals surface area contributed by atoms with Crippen LogP contribution in [0.5, 0.6) is 5.75 Å². The Morgan fingerprint density at radius 2 is 2.12 bits per heavy atom. The Kier molecular flexibility index (Phi) is 4.01. The molecule has 0 aliphatic rings. The minimum absolute atomic E-state index is 0.0569. The van der Waals surface area contributed by atoms with Crippen LogP contribution in [-0.4, -0.2) is 23.9 Å². The smallest absolute Gasteiger partial charge is 0.144 e. The lowest BCUT2D eigenvalue weighted by atomic mass is 10.1. The quantitative estimate of drug-likeness (QED) is 0.668. The first-order chi connectivity index (χ1) is 7.48. The van der Waals surface area contributed by atoms with Crippen molar-refractivity contribution >= 4 is 11.4 Å². The van der Waals surface area contributed by atoms with Crippen molar-refractivity contribution in [3.63, 3.8) is 0 Å². The second-order valence-corrected chi connectivity index (χ2v) is 4.35. The largest absolute Gasteiger partial charge is 0.492 e. The van der Waals surface area contributed by atoms with Crippen molar-refractivity contribution in [3.8, 4) is 5.75 Å². The molecular formula is C12H20N2O2. The number of nitrogens with one attached hydrogen (secondary N) is 1. The minimum atomic E-state index is -0.362. The molecule has 0 spiro atoms. The van der Waals surface area contributed by atoms with E-state index in [1.165, 1.54) is 0 Å². The number of nitrogen functional groups attached to an aromatic ring is 1. The summed E-state index contributed by atoms with van der Waals surface area (Å²) in [5.41, 5.74) is 6.91. The van der Waals surface area contributed by atoms with Crippen molar-refractivity contribution in [2.75, 3.05) is 24.3 Å². The average molecular weight is 224 g/mol. The van der Waals surface area contributed by atoms with E-state index in [1.54, 1.807) is 6.07 Å². The monoisotopic (exact) mass is 224 g/mol. The van der Waals surface area contributed by atoms with E-state index in [0.29, 0.717) is 18.0 Å². The van der Waals surface area contributed by atoms with Gasteiger partial charge in [0.15, 0.2) is 0 Å². The Hall–Kier alpha value is -1.42. The number of hydrogen-bond acceptors (Lipinski definition) is 4. The molecule has 0 atom stereocenters. The molecule has 1 aromatic carbocycles. The van der Waals surface area contributed by atoms with Gasteiger partial charge in [0.2, 0.25) is 0 Å². The van der Waals surface area contributed by atoms with Gasteiger partial charge in [-0.25, -0.2) is 0 Å². The first-order valence-corrected chi connectivity index (χ1v) is 5.40. The summed E-state index contributed by atoms with van der Waals surface area (Å²) in [6.07, 6.45) is 0. The third kappa shape index (κ3) is 3.31. The summed E-state index contributed by atoms with van der Waals surface area (Å²) in [4.78, 5) is 0. The highest BCUT2D eigenvalue weighted by atomic mass is 16.5. The van der Waals surface area contributed by atoms with E-state index in [2.05, 4.69) is 5.32 Å². The van der Waals surface area contributed by atoms with Gasteiger partial charge in [0, 0.05) is 11.8 Å². The molecule has 4 N–H and O–H groups in total. The fourth-order valence-corrected chi connectivity index (χ4v) is 1.32. The van der Waals surface area contributed by atoms with Crippen LogP contribution in [0.3, 0.4) is 0 Å². The lowest BCUT2D eigenvalue weighted by Crippen LogP contribution is -2.34. The second-order valence-electron chi connectivity index (χ2n) is 4.35. The predicted molar refractivity (Wildman–Crippen MR) is 66.8 cm³/mol. The normalized spacial score (nSPS) is 11.2. The highest BCUT2D eigenvalue weighted by molar-refractivity contribution is 5.62. The van der Waals surface area contributed by atoms with Gasteiger partial charge in [-0.3, -0.25) is 0 Å². The number of aliphatic hydroxyl groups excluding tert-OH is 1. The highest BCUT2D eigenvalue weighted by Crippen LogP contribution is 2.27. The van der Waals surface area contributed by atoms with E-state index < -0.39 is 0 Å². The van der Waals surface area contributed by atoms with Crippen molar-refractivity contribution in [1.82, 2.24) is 0 Å². The number of nitrogens with two attached hydrogens (primary N) is 1. The third-order valence-corrected chi connectivity index (χ3v) is 2.19. The Labute approximate surface area is 96.4 Å². The Morgan fingerprint density at radius 3 is 2.69 bits per heavy atom. The van der Waals surface area contributed by atoms with Crippen LogP contribution in [-0.2, 0) is 0 Å². The summed E-state index contributed by atoms with van der Waals surface area (Å²) in [6, 6.07) is 5.51. The molecule has 0 saturated carbocycles. The van der Waals surface area contributed by atoms with Crippen molar-refractivity contribution < 1.29 is 9.84 Å². The second kappa shape index (κ2) is 5.07. The van der Waals surface area contributed by atoms with Gasteiger partial charge in [-0.1, -0.05) is 0 Å². The van der Waals surface area contributed by atoms with Crippen molar-refractivity contribution in [1.29, 1.82) is 0 Å². The minimum Gasteiger partial charge on any atom is -0.492 e. The highest BCUT2D eigenvalue weighted by Gasteiger charge is 2.16. The summed E-state index contributed by atoms with van der Waals surface area (Å²) in [7, 11) is 0. The molecule has 1 rings (SSSR count). The molecule has 90 valence electrons. The molecule has 0 heterocycles. The van der Waals surface area contributed by atoms with Gasteiger partial charge in [-0.05, 0) is 32.9 Å². The van der Waals surface area contributed by atoms with E-state index in [0.717, 1.165) is 5.69 Å². The van der Waals surface area contributed by atoms with Gasteiger partial charge in [-0.15, -0.1) is 0 Å². The Balaban J connectivity index is 2.86. The lowest BCUT2D eigenvalue weighted by molar-refractivity contribution is 0.234. The van der Waals surface area contributed by atoms with Gasteiger partial charge in [0.05, 0.1) is 24.4 Å². The molecule has 0 unspecified atom stereocenters. The van der Waals surface area contributed by atoms with Crippen molar-refractivity contribution in [2.24, 2.45) is 0 Å². The number of hydrogen-bond donors (Lipinski definition) is 3. The summed E-state index contributed by atoms with van der Waals surface area (Å²) in [5, 5.41) is 12.4. The topological polar surface area (TPSA) is 67.5 Å². The zero-order chi connectivity index (χ0) is 12.2. The molecular weight excluding hydrogens is 204 g/mol. The SMILES string of the molecule is CCOc1cc(NC(C)(C)CO)ccc1N. The summed E-state index contributed by atoms with van der Waals surface area (Å²) < 4.78 is 5.40. The van der Waals surface area contributed by atoms with E-state index in [9.17, 15) is 0 Å².